The third kappa shape index (κ3) is 6.91. The van der Waals surface area contributed by atoms with Crippen LogP contribution in [0.25, 0.3) is 0 Å². The molecule has 3 aromatic rings. The number of likely N-dealkylation sites (N-methyl/N-ethyl adjacent to an activating group) is 1. The van der Waals surface area contributed by atoms with Crippen molar-refractivity contribution in [2.45, 2.75) is 32.9 Å². The van der Waals surface area contributed by atoms with Crippen LogP contribution in [0.3, 0.4) is 0 Å². The van der Waals surface area contributed by atoms with Gasteiger partial charge in [-0.25, -0.2) is 4.39 Å². The molecule has 0 bridgehead atoms. The normalized spacial score (nSPS) is 11.5. The molecule has 172 valence electrons. The van der Waals surface area contributed by atoms with Crippen molar-refractivity contribution in [2.24, 2.45) is 0 Å². The number of hydrogen-bond acceptors (Lipinski definition) is 3. The van der Waals surface area contributed by atoms with E-state index >= 15 is 0 Å². The van der Waals surface area contributed by atoms with Crippen LogP contribution in [0.15, 0.2) is 78.9 Å². The number of rotatable bonds is 10. The molecule has 0 aliphatic heterocycles. The van der Waals surface area contributed by atoms with E-state index in [1.54, 1.807) is 12.1 Å². The van der Waals surface area contributed by atoms with E-state index in [-0.39, 0.29) is 24.8 Å². The van der Waals surface area contributed by atoms with Gasteiger partial charge in [0.2, 0.25) is 5.91 Å². The Balaban J connectivity index is 1.89. The number of carbonyl (C=O) groups excluding carboxylic acids is 2. The van der Waals surface area contributed by atoms with Gasteiger partial charge in [-0.15, -0.1) is 0 Å². The average Bonchev–Trinajstić information content (AvgIpc) is 2.82. The van der Waals surface area contributed by atoms with Crippen molar-refractivity contribution >= 4 is 11.8 Å². The number of nitrogens with zero attached hydrogens (tertiary/aromatic N) is 1. The number of amides is 2. The minimum Gasteiger partial charge on any atom is -0.481 e. The Morgan fingerprint density at radius 1 is 0.939 bits per heavy atom. The van der Waals surface area contributed by atoms with E-state index in [0.29, 0.717) is 13.0 Å². The number of halogens is 1. The first kappa shape index (κ1) is 24.0. The molecule has 0 saturated heterocycles. The number of carbonyl (C=O) groups is 2. The minimum atomic E-state index is -0.745. The molecular weight excluding hydrogens is 419 g/mol. The summed E-state index contributed by atoms with van der Waals surface area (Å²) in [5.41, 5.74) is 2.93. The lowest BCUT2D eigenvalue weighted by molar-refractivity contribution is -0.142. The van der Waals surface area contributed by atoms with Gasteiger partial charge in [0.05, 0.1) is 0 Å². The standard InChI is InChI=1S/C27H29FN2O3/c1-3-29-27(32)24(17-21-9-5-4-6-10-21)30(18-22-15-13-20(2)14-16-22)26(31)19-33-25-12-8-7-11-23(25)28/h4-16,24H,3,17-19H2,1-2H3,(H,29,32)/t24-/m1/s1. The lowest BCUT2D eigenvalue weighted by atomic mass is 10.0. The summed E-state index contributed by atoms with van der Waals surface area (Å²) in [6.07, 6.45) is 0.351. The summed E-state index contributed by atoms with van der Waals surface area (Å²) < 4.78 is 19.5. The molecule has 0 fully saturated rings. The fraction of sp³-hybridized carbons (Fsp3) is 0.259. The van der Waals surface area contributed by atoms with E-state index in [4.69, 9.17) is 4.74 Å². The van der Waals surface area contributed by atoms with Gasteiger partial charge in [0.1, 0.15) is 6.04 Å². The Labute approximate surface area is 194 Å². The van der Waals surface area contributed by atoms with E-state index < -0.39 is 17.8 Å². The molecule has 0 heterocycles. The van der Waals surface area contributed by atoms with Crippen molar-refractivity contribution in [3.63, 3.8) is 0 Å². The summed E-state index contributed by atoms with van der Waals surface area (Å²) in [4.78, 5) is 27.9. The summed E-state index contributed by atoms with van der Waals surface area (Å²) in [6, 6.07) is 22.6. The van der Waals surface area contributed by atoms with E-state index in [2.05, 4.69) is 5.32 Å². The Bertz CT molecular complexity index is 1050. The van der Waals surface area contributed by atoms with Gasteiger partial charge in [-0.2, -0.15) is 0 Å². The van der Waals surface area contributed by atoms with Crippen molar-refractivity contribution in [3.8, 4) is 5.75 Å². The first-order valence-electron chi connectivity index (χ1n) is 11.0. The predicted molar refractivity (Wildman–Crippen MR) is 126 cm³/mol. The van der Waals surface area contributed by atoms with Gasteiger partial charge in [0.25, 0.3) is 5.91 Å². The zero-order valence-corrected chi connectivity index (χ0v) is 19.0. The van der Waals surface area contributed by atoms with Crippen LogP contribution in [-0.4, -0.2) is 35.9 Å². The molecule has 5 nitrogen and oxygen atoms in total. The number of para-hydroxylation sites is 1. The van der Waals surface area contributed by atoms with Crippen LogP contribution in [0.1, 0.15) is 23.6 Å². The van der Waals surface area contributed by atoms with Crippen LogP contribution < -0.4 is 10.1 Å². The van der Waals surface area contributed by atoms with E-state index in [0.717, 1.165) is 16.7 Å². The maximum Gasteiger partial charge on any atom is 0.261 e. The molecule has 2 amide bonds. The minimum absolute atomic E-state index is 0.00115. The average molecular weight is 449 g/mol. The maximum atomic E-state index is 14.0. The first-order chi connectivity index (χ1) is 16.0. The number of hydrogen-bond donors (Lipinski definition) is 1. The van der Waals surface area contributed by atoms with Crippen LogP contribution in [0.2, 0.25) is 0 Å². The molecule has 0 spiro atoms. The largest absolute Gasteiger partial charge is 0.481 e. The summed E-state index contributed by atoms with van der Waals surface area (Å²) in [5, 5.41) is 2.85. The van der Waals surface area contributed by atoms with Crippen molar-refractivity contribution < 1.29 is 18.7 Å². The SMILES string of the molecule is CCNC(=O)[C@@H](Cc1ccccc1)N(Cc1ccc(C)cc1)C(=O)COc1ccccc1F. The molecule has 6 heteroatoms. The maximum absolute atomic E-state index is 14.0. The molecule has 0 aromatic heterocycles. The highest BCUT2D eigenvalue weighted by Gasteiger charge is 2.30. The van der Waals surface area contributed by atoms with Crippen LogP contribution in [0, 0.1) is 12.7 Å². The molecule has 3 aromatic carbocycles. The molecule has 0 aliphatic rings. The van der Waals surface area contributed by atoms with Crippen molar-refractivity contribution in [3.05, 3.63) is 101 Å². The second-order valence-corrected chi connectivity index (χ2v) is 7.83. The second-order valence-electron chi connectivity index (χ2n) is 7.83. The lowest BCUT2D eigenvalue weighted by Crippen LogP contribution is -2.51. The summed E-state index contributed by atoms with van der Waals surface area (Å²) in [6.45, 7) is 4.13. The number of aryl methyl sites for hydroxylation is 1. The van der Waals surface area contributed by atoms with Crippen LogP contribution in [0.4, 0.5) is 4.39 Å². The fourth-order valence-corrected chi connectivity index (χ4v) is 3.52. The Hall–Kier alpha value is -3.67. The van der Waals surface area contributed by atoms with Gasteiger partial charge in [-0.1, -0.05) is 72.3 Å². The fourth-order valence-electron chi connectivity index (χ4n) is 3.52. The molecule has 1 atom stereocenters. The van der Waals surface area contributed by atoms with E-state index in [9.17, 15) is 14.0 Å². The van der Waals surface area contributed by atoms with E-state index in [1.807, 2.05) is 68.4 Å². The van der Waals surface area contributed by atoms with E-state index in [1.165, 1.54) is 17.0 Å². The van der Waals surface area contributed by atoms with Crippen molar-refractivity contribution in [2.75, 3.05) is 13.2 Å². The molecule has 0 aliphatic carbocycles. The summed E-state index contributed by atoms with van der Waals surface area (Å²) >= 11 is 0. The zero-order chi connectivity index (χ0) is 23.6. The quantitative estimate of drug-likeness (QED) is 0.503. The molecule has 1 N–H and O–H groups in total. The predicted octanol–water partition coefficient (Wildman–Crippen LogP) is 4.29. The van der Waals surface area contributed by atoms with Gasteiger partial charge in [0, 0.05) is 19.5 Å². The number of ether oxygens (including phenoxy) is 1. The van der Waals surface area contributed by atoms with Gasteiger partial charge >= 0.3 is 0 Å². The summed E-state index contributed by atoms with van der Waals surface area (Å²) in [5.74, 6) is -1.18. The number of nitrogens with one attached hydrogen (secondary N) is 1. The van der Waals surface area contributed by atoms with Gasteiger partial charge < -0.3 is 15.0 Å². The van der Waals surface area contributed by atoms with Crippen LogP contribution >= 0.6 is 0 Å². The molecule has 33 heavy (non-hydrogen) atoms. The molecule has 0 radical (unpaired) electrons. The van der Waals surface area contributed by atoms with Crippen LogP contribution in [0.5, 0.6) is 5.75 Å². The first-order valence-corrected chi connectivity index (χ1v) is 11.0. The van der Waals surface area contributed by atoms with Gasteiger partial charge in [-0.3, -0.25) is 9.59 Å². The van der Waals surface area contributed by atoms with Gasteiger partial charge in [0.15, 0.2) is 18.2 Å². The zero-order valence-electron chi connectivity index (χ0n) is 19.0. The molecule has 3 rings (SSSR count). The highest BCUT2D eigenvalue weighted by atomic mass is 19.1. The lowest BCUT2D eigenvalue weighted by Gasteiger charge is -2.31. The number of benzene rings is 3. The van der Waals surface area contributed by atoms with Gasteiger partial charge in [-0.05, 0) is 37.1 Å². The second kappa shape index (κ2) is 11.8. The Kier molecular flexibility index (Phi) is 8.58. The van der Waals surface area contributed by atoms with Crippen molar-refractivity contribution in [1.82, 2.24) is 10.2 Å². The third-order valence-electron chi connectivity index (χ3n) is 5.28. The monoisotopic (exact) mass is 448 g/mol. The highest BCUT2D eigenvalue weighted by molar-refractivity contribution is 5.88. The van der Waals surface area contributed by atoms with Crippen LogP contribution in [-0.2, 0) is 22.6 Å². The molecular formula is C27H29FN2O3. The third-order valence-corrected chi connectivity index (χ3v) is 5.28. The Morgan fingerprint density at radius 3 is 2.27 bits per heavy atom. The Morgan fingerprint density at radius 2 is 1.61 bits per heavy atom. The molecule has 0 saturated carbocycles. The van der Waals surface area contributed by atoms with Crippen molar-refractivity contribution in [1.29, 1.82) is 0 Å². The molecule has 0 unspecified atom stereocenters. The smallest absolute Gasteiger partial charge is 0.261 e. The highest BCUT2D eigenvalue weighted by Crippen LogP contribution is 2.18. The topological polar surface area (TPSA) is 58.6 Å². The summed E-state index contributed by atoms with van der Waals surface area (Å²) in [7, 11) is 0.